The zero-order valence-electron chi connectivity index (χ0n) is 43.7. The van der Waals surface area contributed by atoms with Crippen LogP contribution in [-0.2, 0) is 42.8 Å². The SMILES string of the molecule is C[C@H]1O[C@@H](OC2C(O)C(NC(=O)CCCCCN)[C@@H](CO)O[C@H]2OC(=O)C23CCC(C)(C)CC2C2=CCC4C5(C)CCC(O)C(C)(C=O)[C@@H]5CC[C@@]4(C)[C@]2(C)C[C@@H]3O)C(O)C(O)C1O[C@@H]1OC[C@@H](O)C(O)C1O. The van der Waals surface area contributed by atoms with E-state index in [2.05, 4.69) is 46.0 Å². The van der Waals surface area contributed by atoms with E-state index in [1.807, 2.05) is 6.92 Å². The van der Waals surface area contributed by atoms with Gasteiger partial charge in [-0.15, -0.1) is 0 Å². The largest absolute Gasteiger partial charge is 0.432 e. The molecular formula is C53H86N2O18. The van der Waals surface area contributed by atoms with Crippen molar-refractivity contribution in [1.82, 2.24) is 5.32 Å². The number of nitrogens with one attached hydrogen (secondary N) is 1. The third-order valence-electron chi connectivity index (χ3n) is 20.3. The number of allylic oxidation sites excluding steroid dienone is 2. The van der Waals surface area contributed by atoms with Crippen molar-refractivity contribution in [3.63, 3.8) is 0 Å². The molecule has 20 heteroatoms. The quantitative estimate of drug-likeness (QED) is 0.0491. The second kappa shape index (κ2) is 21.2. The molecule has 0 spiro atoms. The molecule has 5 aliphatic carbocycles. The Balaban J connectivity index is 1.10. The van der Waals surface area contributed by atoms with Gasteiger partial charge in [-0.1, -0.05) is 59.6 Å². The number of hydrogen-bond acceptors (Lipinski definition) is 19. The number of unbranched alkanes of at least 4 members (excludes halogenated alkanes) is 2. The minimum atomic E-state index is -1.93. The van der Waals surface area contributed by atoms with E-state index in [-0.39, 0.29) is 47.3 Å². The predicted molar refractivity (Wildman–Crippen MR) is 258 cm³/mol. The molecule has 8 rings (SSSR count). The van der Waals surface area contributed by atoms with Gasteiger partial charge in [0.15, 0.2) is 18.7 Å². The number of rotatable bonds is 14. The van der Waals surface area contributed by atoms with Gasteiger partial charge in [-0.3, -0.25) is 9.59 Å². The molecule has 0 aromatic rings. The first-order valence-electron chi connectivity index (χ1n) is 26.9. The van der Waals surface area contributed by atoms with Crippen molar-refractivity contribution in [2.75, 3.05) is 19.8 Å². The molecule has 20 nitrogen and oxygen atoms in total. The van der Waals surface area contributed by atoms with Gasteiger partial charge in [0.25, 0.3) is 0 Å². The maximum Gasteiger partial charge on any atom is 0.317 e. The number of hydrogen-bond donors (Lipinski definition) is 11. The lowest BCUT2D eigenvalue weighted by atomic mass is 9.33. The number of nitrogens with two attached hydrogens (primary N) is 1. The van der Waals surface area contributed by atoms with E-state index in [0.29, 0.717) is 51.5 Å². The van der Waals surface area contributed by atoms with E-state index in [0.717, 1.165) is 31.1 Å². The Labute approximate surface area is 428 Å². The van der Waals surface area contributed by atoms with Gasteiger partial charge in [0, 0.05) is 6.42 Å². The van der Waals surface area contributed by atoms with Crippen molar-refractivity contribution in [3.05, 3.63) is 11.6 Å². The molecule has 0 radical (unpaired) electrons. The Morgan fingerprint density at radius 1 is 0.781 bits per heavy atom. The summed E-state index contributed by atoms with van der Waals surface area (Å²) >= 11 is 0. The van der Waals surface area contributed by atoms with Gasteiger partial charge in [0.05, 0.1) is 43.0 Å². The van der Waals surface area contributed by atoms with Crippen molar-refractivity contribution >= 4 is 18.2 Å². The van der Waals surface area contributed by atoms with E-state index < -0.39 is 145 Å². The average Bonchev–Trinajstić information content (AvgIpc) is 3.33. The first-order chi connectivity index (χ1) is 34.3. The van der Waals surface area contributed by atoms with Gasteiger partial charge in [-0.25, -0.2) is 0 Å². The number of ether oxygens (including phenoxy) is 6. The molecule has 3 heterocycles. The molecule has 0 aromatic heterocycles. The molecule has 12 N–H and O–H groups in total. The molecule has 416 valence electrons. The number of fused-ring (bicyclic) bond motifs is 7. The van der Waals surface area contributed by atoms with E-state index in [1.54, 1.807) is 0 Å². The van der Waals surface area contributed by atoms with Crippen molar-refractivity contribution in [1.29, 1.82) is 0 Å². The maximum atomic E-state index is 15.6. The van der Waals surface area contributed by atoms with Crippen LogP contribution in [0.15, 0.2) is 11.6 Å². The van der Waals surface area contributed by atoms with E-state index in [4.69, 9.17) is 34.2 Å². The van der Waals surface area contributed by atoms with Gasteiger partial charge in [0.2, 0.25) is 12.2 Å². The van der Waals surface area contributed by atoms with Crippen molar-refractivity contribution in [2.45, 2.75) is 230 Å². The Kier molecular flexibility index (Phi) is 16.5. The van der Waals surface area contributed by atoms with E-state index >= 15 is 4.79 Å². The molecule has 0 aromatic carbocycles. The average molecular weight is 1040 g/mol. The van der Waals surface area contributed by atoms with Gasteiger partial charge in [-0.05, 0) is 124 Å². The normalized spacial score (nSPS) is 50.5. The van der Waals surface area contributed by atoms with Gasteiger partial charge in [0.1, 0.15) is 60.5 Å². The zero-order valence-corrected chi connectivity index (χ0v) is 43.7. The molecule has 3 aliphatic heterocycles. The number of esters is 1. The first kappa shape index (κ1) is 56.9. The molecule has 4 saturated carbocycles. The Bertz CT molecular complexity index is 2030. The highest BCUT2D eigenvalue weighted by atomic mass is 16.8. The Morgan fingerprint density at radius 2 is 1.48 bits per heavy atom. The number of carbonyl (C=O) groups excluding carboxylic acids is 3. The van der Waals surface area contributed by atoms with Crippen LogP contribution in [0.4, 0.5) is 0 Å². The van der Waals surface area contributed by atoms with Crippen LogP contribution in [0.25, 0.3) is 0 Å². The minimum absolute atomic E-state index is 0.0375. The lowest BCUT2D eigenvalue weighted by Crippen LogP contribution is -2.69. The van der Waals surface area contributed by atoms with Crippen molar-refractivity contribution < 1.29 is 88.8 Å². The molecule has 73 heavy (non-hydrogen) atoms. The standard InChI is InChI=1S/C53H86N2O18/c1-26-42(71-44-40(65)37(62)29(58)24-68-44)39(64)41(66)45(69-26)72-43-38(63)36(55-35(61)11-9-8-10-20-54)30(23-56)70-46(43)73-47(67)53-19-18-48(2,3)21-28(53)27-12-13-32-49(4)16-15-33(59)50(5,25-57)31(49)14-17-51(32,6)52(27,7)22-34(53)60/h12,25-26,28-34,36-46,56,58-60,62-66H,8-11,13-24,54H2,1-7H3,(H,55,61)/t26-,28?,29-,30-,31-,32?,33?,34+,36?,37?,38?,39?,40?,41?,42?,43?,44+,45+,46+,49?,50?,51-,52-,53?/m1/s1. The van der Waals surface area contributed by atoms with Crippen LogP contribution in [0.2, 0.25) is 0 Å². The number of aliphatic hydroxyl groups excluding tert-OH is 9. The molecule has 3 saturated heterocycles. The van der Waals surface area contributed by atoms with Crippen LogP contribution in [0.1, 0.15) is 132 Å². The van der Waals surface area contributed by atoms with Gasteiger partial charge < -0.3 is 90.2 Å². The van der Waals surface area contributed by atoms with Crippen molar-refractivity contribution in [3.8, 4) is 0 Å². The number of amides is 1. The highest BCUT2D eigenvalue weighted by Crippen LogP contribution is 2.76. The fourth-order valence-electron chi connectivity index (χ4n) is 15.7. The molecule has 14 unspecified atom stereocenters. The second-order valence-corrected chi connectivity index (χ2v) is 25.0. The van der Waals surface area contributed by atoms with Crippen LogP contribution < -0.4 is 11.1 Å². The van der Waals surface area contributed by atoms with Crippen molar-refractivity contribution in [2.24, 2.45) is 56.0 Å². The smallest absolute Gasteiger partial charge is 0.317 e. The molecule has 0 bridgehead atoms. The predicted octanol–water partition coefficient (Wildman–Crippen LogP) is 0.600. The van der Waals surface area contributed by atoms with E-state index in [1.165, 1.54) is 6.92 Å². The summed E-state index contributed by atoms with van der Waals surface area (Å²) in [5.74, 6) is -1.72. The Morgan fingerprint density at radius 3 is 2.16 bits per heavy atom. The van der Waals surface area contributed by atoms with Gasteiger partial charge >= 0.3 is 5.97 Å². The monoisotopic (exact) mass is 1040 g/mol. The summed E-state index contributed by atoms with van der Waals surface area (Å²) < 4.78 is 36.2. The summed E-state index contributed by atoms with van der Waals surface area (Å²) in [7, 11) is 0. The molecular weight excluding hydrogens is 953 g/mol. The van der Waals surface area contributed by atoms with Gasteiger partial charge in [-0.2, -0.15) is 0 Å². The summed E-state index contributed by atoms with van der Waals surface area (Å²) in [5.41, 5.74) is 2.84. The summed E-state index contributed by atoms with van der Waals surface area (Å²) in [6, 6.07) is -1.34. The topological polar surface area (TPSA) is 327 Å². The maximum absolute atomic E-state index is 15.6. The summed E-state index contributed by atoms with van der Waals surface area (Å²) in [6.45, 7) is 13.8. The highest BCUT2D eigenvalue weighted by molar-refractivity contribution is 5.80. The van der Waals surface area contributed by atoms with Crippen LogP contribution >= 0.6 is 0 Å². The first-order valence-corrected chi connectivity index (χ1v) is 26.9. The fraction of sp³-hybridized carbons (Fsp3) is 0.906. The lowest BCUT2D eigenvalue weighted by molar-refractivity contribution is -0.370. The van der Waals surface area contributed by atoms with Crippen LogP contribution in [-0.4, -0.2) is 182 Å². The Hall–Kier alpha value is -2.25. The summed E-state index contributed by atoms with van der Waals surface area (Å²) in [4.78, 5) is 41.7. The van der Waals surface area contributed by atoms with Crippen LogP contribution in [0.5, 0.6) is 0 Å². The number of aldehydes is 1. The molecule has 8 aliphatic rings. The number of aliphatic hydroxyl groups is 9. The van der Waals surface area contributed by atoms with E-state index in [9.17, 15) is 55.5 Å². The summed E-state index contributed by atoms with van der Waals surface area (Å²) in [6.07, 6.45) is -12.8. The van der Waals surface area contributed by atoms with Crippen LogP contribution in [0, 0.1) is 50.2 Å². The highest BCUT2D eigenvalue weighted by Gasteiger charge is 2.72. The fourth-order valence-corrected chi connectivity index (χ4v) is 15.7. The second-order valence-electron chi connectivity index (χ2n) is 25.0. The zero-order chi connectivity index (χ0) is 53.4. The van der Waals surface area contributed by atoms with Crippen LogP contribution in [0.3, 0.4) is 0 Å². The lowest BCUT2D eigenvalue weighted by Gasteiger charge is -2.71. The summed E-state index contributed by atoms with van der Waals surface area (Å²) in [5, 5.41) is 104. The molecule has 24 atom stereocenters. The molecule has 7 fully saturated rings. The molecule has 1 amide bonds. The third-order valence-corrected chi connectivity index (χ3v) is 20.3. The number of carbonyl (C=O) groups is 3. The minimum Gasteiger partial charge on any atom is -0.432 e. The third kappa shape index (κ3) is 9.59.